The van der Waals surface area contributed by atoms with Crippen molar-refractivity contribution in [2.45, 2.75) is 19.8 Å². The summed E-state index contributed by atoms with van der Waals surface area (Å²) >= 11 is 0. The second kappa shape index (κ2) is 6.01. The monoisotopic (exact) mass is 273 g/mol. The molecule has 1 aromatic heterocycles. The quantitative estimate of drug-likeness (QED) is 0.492. The molecule has 0 spiro atoms. The van der Waals surface area contributed by atoms with Gasteiger partial charge in [-0.1, -0.05) is 6.08 Å². The summed E-state index contributed by atoms with van der Waals surface area (Å²) < 4.78 is 5.59. The van der Waals surface area contributed by atoms with Gasteiger partial charge in [-0.15, -0.1) is 6.58 Å². The Kier molecular flexibility index (Phi) is 4.14. The highest BCUT2D eigenvalue weighted by atomic mass is 16.6. The van der Waals surface area contributed by atoms with E-state index in [1.165, 1.54) is 12.1 Å². The molecule has 2 aromatic rings. The summed E-state index contributed by atoms with van der Waals surface area (Å²) in [7, 11) is 0. The van der Waals surface area contributed by atoms with Crippen molar-refractivity contribution in [3.63, 3.8) is 0 Å². The number of nitro benzene ring substituents is 1. The van der Waals surface area contributed by atoms with E-state index in [9.17, 15) is 10.1 Å². The van der Waals surface area contributed by atoms with Gasteiger partial charge in [-0.05, 0) is 25.5 Å². The van der Waals surface area contributed by atoms with Gasteiger partial charge in [0, 0.05) is 24.2 Å². The molecule has 0 atom stereocenters. The summed E-state index contributed by atoms with van der Waals surface area (Å²) in [4.78, 5) is 14.4. The first-order valence-electron chi connectivity index (χ1n) is 6.19. The van der Waals surface area contributed by atoms with E-state index in [1.54, 1.807) is 12.1 Å². The molecule has 104 valence electrons. The van der Waals surface area contributed by atoms with Gasteiger partial charge in [0.1, 0.15) is 5.76 Å². The number of hydrogen-bond acceptors (Lipinski definition) is 5. The lowest BCUT2D eigenvalue weighted by molar-refractivity contribution is -0.384. The Balaban J connectivity index is 2.09. The van der Waals surface area contributed by atoms with Crippen LogP contribution in [0.4, 0.5) is 17.4 Å². The standard InChI is InChI=1S/C14H15N3O3/c1-3-4-5-13-10(2)15-14(20-13)16-11-6-8-12(9-7-11)17(18)19/h3,6-9H,1,4-5H2,2H3,(H,15,16). The molecule has 2 rings (SSSR count). The van der Waals surface area contributed by atoms with Gasteiger partial charge in [-0.3, -0.25) is 10.1 Å². The predicted octanol–water partition coefficient (Wildman–Crippen LogP) is 3.75. The van der Waals surface area contributed by atoms with E-state index in [-0.39, 0.29) is 5.69 Å². The molecule has 0 amide bonds. The van der Waals surface area contributed by atoms with Crippen LogP contribution in [0.15, 0.2) is 41.3 Å². The number of nitrogens with one attached hydrogen (secondary N) is 1. The lowest BCUT2D eigenvalue weighted by Gasteiger charge is -2.00. The van der Waals surface area contributed by atoms with Crippen molar-refractivity contribution in [3.05, 3.63) is 58.5 Å². The Morgan fingerprint density at radius 3 is 2.75 bits per heavy atom. The van der Waals surface area contributed by atoms with Crippen molar-refractivity contribution < 1.29 is 9.34 Å². The SMILES string of the molecule is C=CCCc1oc(Nc2ccc([N+](=O)[O-])cc2)nc1C. The lowest BCUT2D eigenvalue weighted by atomic mass is 10.2. The average molecular weight is 273 g/mol. The van der Waals surface area contributed by atoms with E-state index in [0.717, 1.165) is 24.3 Å². The molecule has 1 heterocycles. The topological polar surface area (TPSA) is 81.2 Å². The van der Waals surface area contributed by atoms with Crippen LogP contribution in [0, 0.1) is 17.0 Å². The van der Waals surface area contributed by atoms with E-state index in [1.807, 2.05) is 13.0 Å². The number of aromatic nitrogens is 1. The highest BCUT2D eigenvalue weighted by Gasteiger charge is 2.10. The molecule has 0 unspecified atom stereocenters. The molecule has 0 saturated heterocycles. The van der Waals surface area contributed by atoms with Crippen molar-refractivity contribution in [2.24, 2.45) is 0 Å². The highest BCUT2D eigenvalue weighted by molar-refractivity contribution is 5.55. The lowest BCUT2D eigenvalue weighted by Crippen LogP contribution is -1.92. The van der Waals surface area contributed by atoms with Crippen molar-refractivity contribution in [2.75, 3.05) is 5.32 Å². The maximum Gasteiger partial charge on any atom is 0.299 e. The first kappa shape index (κ1) is 13.8. The zero-order chi connectivity index (χ0) is 14.5. The van der Waals surface area contributed by atoms with Gasteiger partial charge < -0.3 is 9.73 Å². The zero-order valence-electron chi connectivity index (χ0n) is 11.1. The number of nitrogens with zero attached hydrogens (tertiary/aromatic N) is 2. The molecule has 0 fully saturated rings. The van der Waals surface area contributed by atoms with E-state index < -0.39 is 4.92 Å². The molecule has 20 heavy (non-hydrogen) atoms. The molecule has 0 aliphatic rings. The van der Waals surface area contributed by atoms with E-state index >= 15 is 0 Å². The number of nitro groups is 1. The molecule has 1 N–H and O–H groups in total. The molecule has 1 aromatic carbocycles. The maximum atomic E-state index is 10.6. The number of oxazole rings is 1. The second-order valence-electron chi connectivity index (χ2n) is 4.28. The summed E-state index contributed by atoms with van der Waals surface area (Å²) in [6, 6.07) is 6.46. The molecule has 0 bridgehead atoms. The van der Waals surface area contributed by atoms with Gasteiger partial charge in [0.05, 0.1) is 10.6 Å². The largest absolute Gasteiger partial charge is 0.428 e. The number of hydrogen-bond donors (Lipinski definition) is 1. The molecule has 0 radical (unpaired) electrons. The summed E-state index contributed by atoms with van der Waals surface area (Å²) in [6.45, 7) is 5.55. The summed E-state index contributed by atoms with van der Waals surface area (Å²) in [5.74, 6) is 0.814. The average Bonchev–Trinajstić information content (AvgIpc) is 2.77. The van der Waals surface area contributed by atoms with Gasteiger partial charge in [-0.25, -0.2) is 0 Å². The predicted molar refractivity (Wildman–Crippen MR) is 76.1 cm³/mol. The van der Waals surface area contributed by atoms with Crippen LogP contribution in [0.1, 0.15) is 17.9 Å². The van der Waals surface area contributed by atoms with E-state index in [0.29, 0.717) is 11.7 Å². The number of benzene rings is 1. The number of rotatable bonds is 6. The van der Waals surface area contributed by atoms with Crippen LogP contribution < -0.4 is 5.32 Å². The fourth-order valence-corrected chi connectivity index (χ4v) is 1.74. The minimum absolute atomic E-state index is 0.0470. The van der Waals surface area contributed by atoms with Gasteiger partial charge >= 0.3 is 0 Å². The molecule has 0 aliphatic heterocycles. The molecule has 0 saturated carbocycles. The number of aryl methyl sites for hydroxylation is 2. The van der Waals surface area contributed by atoms with Crippen LogP contribution in [-0.2, 0) is 6.42 Å². The van der Waals surface area contributed by atoms with Crippen molar-refractivity contribution in [1.29, 1.82) is 0 Å². The van der Waals surface area contributed by atoms with E-state index in [4.69, 9.17) is 4.42 Å². The Morgan fingerprint density at radius 1 is 1.45 bits per heavy atom. The van der Waals surface area contributed by atoms with Crippen LogP contribution in [0.2, 0.25) is 0 Å². The smallest absolute Gasteiger partial charge is 0.299 e. The molecule has 6 heteroatoms. The van der Waals surface area contributed by atoms with Crippen molar-refractivity contribution in [3.8, 4) is 0 Å². The molecule has 0 aliphatic carbocycles. The van der Waals surface area contributed by atoms with Crippen LogP contribution in [0.5, 0.6) is 0 Å². The number of anilines is 2. The third-order valence-corrected chi connectivity index (χ3v) is 2.80. The molecular weight excluding hydrogens is 258 g/mol. The van der Waals surface area contributed by atoms with Crippen LogP contribution in [0.3, 0.4) is 0 Å². The number of non-ortho nitro benzene ring substituents is 1. The first-order chi connectivity index (χ1) is 9.60. The Labute approximate surface area is 116 Å². The van der Waals surface area contributed by atoms with Gasteiger partial charge in [0.15, 0.2) is 0 Å². The Hall–Kier alpha value is -2.63. The summed E-state index contributed by atoms with van der Waals surface area (Å²) in [6.07, 6.45) is 3.41. The van der Waals surface area contributed by atoms with E-state index in [2.05, 4.69) is 16.9 Å². The van der Waals surface area contributed by atoms with Gasteiger partial charge in [-0.2, -0.15) is 4.98 Å². The Bertz CT molecular complexity index is 617. The fourth-order valence-electron chi connectivity index (χ4n) is 1.74. The minimum Gasteiger partial charge on any atom is -0.428 e. The van der Waals surface area contributed by atoms with Crippen LogP contribution in [0.25, 0.3) is 0 Å². The van der Waals surface area contributed by atoms with Crippen molar-refractivity contribution >= 4 is 17.4 Å². The third kappa shape index (κ3) is 3.23. The van der Waals surface area contributed by atoms with Crippen LogP contribution in [-0.4, -0.2) is 9.91 Å². The molecular formula is C14H15N3O3. The normalized spacial score (nSPS) is 10.2. The summed E-state index contributed by atoms with van der Waals surface area (Å²) in [5.41, 5.74) is 1.56. The Morgan fingerprint density at radius 2 is 2.15 bits per heavy atom. The maximum absolute atomic E-state index is 10.6. The zero-order valence-corrected chi connectivity index (χ0v) is 11.1. The second-order valence-corrected chi connectivity index (χ2v) is 4.28. The fraction of sp³-hybridized carbons (Fsp3) is 0.214. The molecule has 6 nitrogen and oxygen atoms in total. The highest BCUT2D eigenvalue weighted by Crippen LogP contribution is 2.22. The first-order valence-corrected chi connectivity index (χ1v) is 6.19. The van der Waals surface area contributed by atoms with Crippen LogP contribution >= 0.6 is 0 Å². The van der Waals surface area contributed by atoms with Gasteiger partial charge in [0.25, 0.3) is 11.7 Å². The third-order valence-electron chi connectivity index (χ3n) is 2.80. The number of allylic oxidation sites excluding steroid dienone is 1. The summed E-state index contributed by atoms with van der Waals surface area (Å²) in [5, 5.41) is 13.5. The van der Waals surface area contributed by atoms with Crippen molar-refractivity contribution in [1.82, 2.24) is 4.98 Å². The van der Waals surface area contributed by atoms with Gasteiger partial charge in [0.2, 0.25) is 0 Å². The minimum atomic E-state index is -0.438.